The van der Waals surface area contributed by atoms with Gasteiger partial charge in [-0.25, -0.2) is 9.78 Å². The van der Waals surface area contributed by atoms with E-state index in [1.165, 1.54) is 11.6 Å². The van der Waals surface area contributed by atoms with Gasteiger partial charge in [0, 0.05) is 7.05 Å². The van der Waals surface area contributed by atoms with Crippen LogP contribution in [0.2, 0.25) is 0 Å². The summed E-state index contributed by atoms with van der Waals surface area (Å²) in [4.78, 5) is 30.9. The molecule has 0 saturated heterocycles. The molecule has 9 nitrogen and oxygen atoms in total. The molecular formula is C23H19N7O2. The number of nitrogens with two attached hydrogens (primary N) is 1. The molecule has 0 atom stereocenters. The summed E-state index contributed by atoms with van der Waals surface area (Å²) in [5.41, 5.74) is 7.40. The number of rotatable bonds is 5. The molecule has 32 heavy (non-hydrogen) atoms. The van der Waals surface area contributed by atoms with Crippen LogP contribution in [-0.2, 0) is 26.7 Å². The monoisotopic (exact) mass is 425 g/mol. The number of imidazole rings is 1. The van der Waals surface area contributed by atoms with Gasteiger partial charge < -0.3 is 10.3 Å². The molecule has 0 spiro atoms. The fraction of sp³-hybridized carbons (Fsp3) is 0.174. The molecule has 0 bridgehead atoms. The molecule has 158 valence electrons. The van der Waals surface area contributed by atoms with E-state index in [9.17, 15) is 20.1 Å². The van der Waals surface area contributed by atoms with Crippen molar-refractivity contribution in [2.75, 3.05) is 0 Å². The lowest BCUT2D eigenvalue weighted by atomic mass is 10.1. The summed E-state index contributed by atoms with van der Waals surface area (Å²) in [5, 5.41) is 18.8. The topological polar surface area (TPSA) is 135 Å². The summed E-state index contributed by atoms with van der Waals surface area (Å²) >= 11 is 0. The number of aromatic nitrogens is 4. The van der Waals surface area contributed by atoms with Crippen molar-refractivity contribution in [2.45, 2.75) is 19.6 Å². The molecule has 4 rings (SSSR count). The number of nitrogens with zero attached hydrogens (tertiary/aromatic N) is 6. The van der Waals surface area contributed by atoms with E-state index in [0.29, 0.717) is 28.1 Å². The van der Waals surface area contributed by atoms with Crippen LogP contribution in [-0.4, -0.2) is 18.7 Å². The van der Waals surface area contributed by atoms with Crippen molar-refractivity contribution in [1.82, 2.24) is 18.7 Å². The molecule has 0 saturated carbocycles. The van der Waals surface area contributed by atoms with E-state index in [4.69, 9.17) is 5.73 Å². The number of benzene rings is 2. The van der Waals surface area contributed by atoms with Gasteiger partial charge in [0.25, 0.3) is 5.56 Å². The molecule has 0 aliphatic rings. The van der Waals surface area contributed by atoms with Gasteiger partial charge in [-0.1, -0.05) is 36.4 Å². The Morgan fingerprint density at radius 2 is 1.44 bits per heavy atom. The molecule has 4 aromatic rings. The molecule has 0 fully saturated rings. The first-order chi connectivity index (χ1) is 15.5. The minimum absolute atomic E-state index is 0.0499. The van der Waals surface area contributed by atoms with Crippen LogP contribution in [0.1, 0.15) is 28.1 Å². The highest BCUT2D eigenvalue weighted by molar-refractivity contribution is 5.71. The number of hydrogen-bond acceptors (Lipinski definition) is 6. The quantitative estimate of drug-likeness (QED) is 0.510. The third kappa shape index (κ3) is 3.37. The Kier molecular flexibility index (Phi) is 5.42. The first-order valence-corrected chi connectivity index (χ1v) is 9.85. The molecule has 2 N–H and O–H groups in total. The third-order valence-electron chi connectivity index (χ3n) is 5.43. The second-order valence-electron chi connectivity index (χ2n) is 7.26. The van der Waals surface area contributed by atoms with Crippen molar-refractivity contribution in [2.24, 2.45) is 12.8 Å². The van der Waals surface area contributed by atoms with Crippen LogP contribution >= 0.6 is 0 Å². The van der Waals surface area contributed by atoms with Gasteiger partial charge in [-0.3, -0.25) is 13.9 Å². The Labute approximate surface area is 182 Å². The van der Waals surface area contributed by atoms with Gasteiger partial charge in [0.2, 0.25) is 0 Å². The van der Waals surface area contributed by atoms with Gasteiger partial charge in [-0.15, -0.1) is 0 Å². The van der Waals surface area contributed by atoms with Crippen molar-refractivity contribution in [1.29, 1.82) is 10.5 Å². The third-order valence-corrected chi connectivity index (χ3v) is 5.43. The predicted octanol–water partition coefficient (Wildman–Crippen LogP) is 1.20. The average molecular weight is 425 g/mol. The maximum atomic E-state index is 13.5. The van der Waals surface area contributed by atoms with E-state index in [0.717, 1.165) is 4.57 Å². The van der Waals surface area contributed by atoms with E-state index in [1.807, 2.05) is 6.07 Å². The maximum absolute atomic E-state index is 13.5. The first kappa shape index (κ1) is 20.8. The number of aryl methyl sites for hydroxylation is 1. The second kappa shape index (κ2) is 8.34. The van der Waals surface area contributed by atoms with Gasteiger partial charge in [-0.2, -0.15) is 10.5 Å². The summed E-state index contributed by atoms with van der Waals surface area (Å²) in [6.45, 7) is 0.201. The van der Waals surface area contributed by atoms with Crippen LogP contribution in [0.15, 0.2) is 58.1 Å². The van der Waals surface area contributed by atoms with Gasteiger partial charge in [0.1, 0.15) is 5.82 Å². The maximum Gasteiger partial charge on any atom is 0.332 e. The molecule has 2 aromatic heterocycles. The highest BCUT2D eigenvalue weighted by atomic mass is 16.2. The molecule has 2 aromatic carbocycles. The minimum Gasteiger partial charge on any atom is -0.324 e. The Morgan fingerprint density at radius 1 is 0.906 bits per heavy atom. The smallest absolute Gasteiger partial charge is 0.324 e. The molecule has 0 aliphatic carbocycles. The molecule has 0 radical (unpaired) electrons. The van der Waals surface area contributed by atoms with Gasteiger partial charge in [0.15, 0.2) is 11.2 Å². The number of fused-ring (bicyclic) bond motifs is 1. The highest BCUT2D eigenvalue weighted by Crippen LogP contribution is 2.17. The molecule has 0 aliphatic heterocycles. The number of nitriles is 2. The van der Waals surface area contributed by atoms with E-state index in [2.05, 4.69) is 17.1 Å². The van der Waals surface area contributed by atoms with Crippen molar-refractivity contribution >= 4 is 11.2 Å². The lowest BCUT2D eigenvalue weighted by molar-refractivity contribution is 0.651. The van der Waals surface area contributed by atoms with E-state index >= 15 is 0 Å². The summed E-state index contributed by atoms with van der Waals surface area (Å²) in [7, 11) is 1.54. The predicted molar refractivity (Wildman–Crippen MR) is 118 cm³/mol. The zero-order chi connectivity index (χ0) is 22.8. The van der Waals surface area contributed by atoms with Crippen molar-refractivity contribution in [3.63, 3.8) is 0 Å². The fourth-order valence-corrected chi connectivity index (χ4v) is 3.76. The highest BCUT2D eigenvalue weighted by Gasteiger charge is 2.21. The molecule has 0 unspecified atom stereocenters. The van der Waals surface area contributed by atoms with Gasteiger partial charge in [0.05, 0.1) is 42.9 Å². The van der Waals surface area contributed by atoms with Crippen molar-refractivity contribution in [3.05, 3.63) is 97.4 Å². The van der Waals surface area contributed by atoms with Crippen LogP contribution in [0.25, 0.3) is 11.2 Å². The molecule has 9 heteroatoms. The normalized spacial score (nSPS) is 10.8. The van der Waals surface area contributed by atoms with Crippen LogP contribution in [0.3, 0.4) is 0 Å². The first-order valence-electron chi connectivity index (χ1n) is 9.85. The molecule has 0 amide bonds. The summed E-state index contributed by atoms with van der Waals surface area (Å²) in [5.74, 6) is 0.426. The summed E-state index contributed by atoms with van der Waals surface area (Å²) < 4.78 is 4.05. The van der Waals surface area contributed by atoms with Gasteiger partial charge in [-0.05, 0) is 23.3 Å². The summed E-state index contributed by atoms with van der Waals surface area (Å²) in [6.07, 6.45) is 0. The molecule has 2 heterocycles. The summed E-state index contributed by atoms with van der Waals surface area (Å²) in [6, 6.07) is 18.1. The van der Waals surface area contributed by atoms with Gasteiger partial charge >= 0.3 is 5.69 Å². The SMILES string of the molecule is Cn1c(=O)n(Cc2ccccc2C#N)c(=O)c2c1nc(CN)n2Cc1ccccc1C#N. The van der Waals surface area contributed by atoms with Crippen LogP contribution in [0, 0.1) is 22.7 Å². The minimum atomic E-state index is -0.541. The van der Waals surface area contributed by atoms with Crippen LogP contribution in [0.4, 0.5) is 0 Å². The Balaban J connectivity index is 1.97. The Hall–Kier alpha value is -4.47. The van der Waals surface area contributed by atoms with E-state index < -0.39 is 11.2 Å². The van der Waals surface area contributed by atoms with Crippen LogP contribution < -0.4 is 17.0 Å². The zero-order valence-corrected chi connectivity index (χ0v) is 17.3. The molecular weight excluding hydrogens is 406 g/mol. The van der Waals surface area contributed by atoms with E-state index in [1.54, 1.807) is 47.0 Å². The Bertz CT molecular complexity index is 1540. The van der Waals surface area contributed by atoms with Crippen molar-refractivity contribution < 1.29 is 0 Å². The second-order valence-corrected chi connectivity index (χ2v) is 7.26. The Morgan fingerprint density at radius 3 is 1.97 bits per heavy atom. The largest absolute Gasteiger partial charge is 0.332 e. The van der Waals surface area contributed by atoms with Crippen LogP contribution in [0.5, 0.6) is 0 Å². The standard InChI is InChI=1S/C23H19N7O2/c1-28-21-20(22(31)30(23(28)32)14-18-9-5-3-7-16(18)11-25)29(19(12-26)27-21)13-17-8-4-2-6-15(17)10-24/h2-9H,12-14,26H2,1H3. The van der Waals surface area contributed by atoms with E-state index in [-0.39, 0.29) is 30.8 Å². The number of hydrogen-bond donors (Lipinski definition) is 1. The van der Waals surface area contributed by atoms with Crippen molar-refractivity contribution in [3.8, 4) is 12.1 Å². The fourth-order valence-electron chi connectivity index (χ4n) is 3.76. The average Bonchev–Trinajstić information content (AvgIpc) is 3.19. The lowest BCUT2D eigenvalue weighted by Crippen LogP contribution is -2.40. The lowest BCUT2D eigenvalue weighted by Gasteiger charge is -2.12. The zero-order valence-electron chi connectivity index (χ0n) is 17.3.